The largest absolute Gasteiger partial charge is 0.497 e. The quantitative estimate of drug-likeness (QED) is 0.121. The van der Waals surface area contributed by atoms with Crippen LogP contribution in [0, 0.1) is 19.8 Å². The van der Waals surface area contributed by atoms with Gasteiger partial charge in [-0.1, -0.05) is 67.9 Å². The van der Waals surface area contributed by atoms with Crippen LogP contribution in [0.1, 0.15) is 53.1 Å². The summed E-state index contributed by atoms with van der Waals surface area (Å²) in [5.41, 5.74) is 0.434. The number of alkyl halides is 3. The Morgan fingerprint density at radius 2 is 1.46 bits per heavy atom. The summed E-state index contributed by atoms with van der Waals surface area (Å²) in [4.78, 5) is 48.0. The number of fused-ring (bicyclic) bond motifs is 1. The lowest BCUT2D eigenvalue weighted by Gasteiger charge is -2.37. The normalized spacial score (nSPS) is 13.1. The number of pyridine rings is 1. The van der Waals surface area contributed by atoms with Crippen LogP contribution in [0.25, 0.3) is 28.0 Å². The summed E-state index contributed by atoms with van der Waals surface area (Å²) < 4.78 is 59.2. The predicted octanol–water partition coefficient (Wildman–Crippen LogP) is 9.46. The van der Waals surface area contributed by atoms with Crippen LogP contribution in [-0.2, 0) is 25.8 Å². The van der Waals surface area contributed by atoms with E-state index >= 15 is 13.2 Å². The highest BCUT2D eigenvalue weighted by atomic mass is 35.5. The molecule has 0 spiro atoms. The molecule has 0 unspecified atom stereocenters. The Morgan fingerprint density at radius 3 is 1.98 bits per heavy atom. The van der Waals surface area contributed by atoms with Gasteiger partial charge in [-0.2, -0.15) is 13.2 Å². The molecule has 318 valence electrons. The van der Waals surface area contributed by atoms with E-state index in [1.165, 1.54) is 39.2 Å². The number of carboxylic acid groups (broad SMARTS) is 1. The van der Waals surface area contributed by atoms with Gasteiger partial charge in [0, 0.05) is 44.2 Å². The minimum absolute atomic E-state index is 0.0119. The van der Waals surface area contributed by atoms with Crippen LogP contribution in [0.4, 0.5) is 23.8 Å². The second-order valence-electron chi connectivity index (χ2n) is 15.7. The molecule has 4 aromatic carbocycles. The molecule has 0 atom stereocenters. The van der Waals surface area contributed by atoms with Gasteiger partial charge in [-0.15, -0.1) is 0 Å². The van der Waals surface area contributed by atoms with E-state index in [0.29, 0.717) is 22.7 Å². The Balaban J connectivity index is 1.49. The second kappa shape index (κ2) is 17.0. The third kappa shape index (κ3) is 8.54. The molecule has 0 bridgehead atoms. The van der Waals surface area contributed by atoms with Crippen molar-refractivity contribution < 1.29 is 32.5 Å². The molecule has 0 saturated carbocycles. The van der Waals surface area contributed by atoms with Gasteiger partial charge in [0.05, 0.1) is 47.2 Å². The number of likely N-dealkylation sites (tertiary alicyclic amines) is 1. The van der Waals surface area contributed by atoms with Crippen molar-refractivity contribution in [2.45, 2.75) is 59.4 Å². The maximum atomic E-state index is 15.3. The van der Waals surface area contributed by atoms with Crippen LogP contribution in [-0.4, -0.2) is 57.5 Å². The molecular formula is C46H45ClF3N5O6. The lowest BCUT2D eigenvalue weighted by molar-refractivity contribution is -0.137. The molecule has 1 fully saturated rings. The van der Waals surface area contributed by atoms with Crippen molar-refractivity contribution in [3.8, 4) is 28.4 Å². The van der Waals surface area contributed by atoms with Crippen LogP contribution in [0.2, 0.25) is 5.02 Å². The van der Waals surface area contributed by atoms with Crippen LogP contribution in [0.15, 0.2) is 94.5 Å². The molecular weight excluding hydrogens is 811 g/mol. The number of rotatable bonds is 12. The summed E-state index contributed by atoms with van der Waals surface area (Å²) in [5, 5.41) is 9.32. The molecule has 1 N–H and O–H groups in total. The van der Waals surface area contributed by atoms with E-state index in [4.69, 9.17) is 26.1 Å². The molecule has 0 aliphatic carbocycles. The lowest BCUT2D eigenvalue weighted by Crippen LogP contribution is -2.52. The van der Waals surface area contributed by atoms with Gasteiger partial charge in [0.25, 0.3) is 0 Å². The highest BCUT2D eigenvalue weighted by Gasteiger charge is 2.38. The third-order valence-electron chi connectivity index (χ3n) is 11.1. The number of anilines is 1. The number of benzene rings is 4. The van der Waals surface area contributed by atoms with Gasteiger partial charge >= 0.3 is 23.4 Å². The Kier molecular flexibility index (Phi) is 11.9. The maximum absolute atomic E-state index is 15.3. The zero-order valence-electron chi connectivity index (χ0n) is 34.5. The highest BCUT2D eigenvalue weighted by Crippen LogP contribution is 2.43. The molecule has 15 heteroatoms. The molecule has 3 heterocycles. The summed E-state index contributed by atoms with van der Waals surface area (Å²) >= 11 is 7.05. The fourth-order valence-electron chi connectivity index (χ4n) is 8.00. The van der Waals surface area contributed by atoms with Crippen molar-refractivity contribution in [1.29, 1.82) is 0 Å². The van der Waals surface area contributed by atoms with Crippen molar-refractivity contribution in [1.82, 2.24) is 19.0 Å². The summed E-state index contributed by atoms with van der Waals surface area (Å²) in [6.07, 6.45) is -5.98. The first-order chi connectivity index (χ1) is 29.0. The molecule has 6 aromatic rings. The number of hydrogen-bond acceptors (Lipinski definition) is 7. The third-order valence-corrected chi connectivity index (χ3v) is 11.5. The second-order valence-corrected chi connectivity index (χ2v) is 16.1. The summed E-state index contributed by atoms with van der Waals surface area (Å²) in [6, 6.07) is 24.4. The van der Waals surface area contributed by atoms with Crippen molar-refractivity contribution >= 4 is 34.5 Å². The minimum Gasteiger partial charge on any atom is -0.497 e. The van der Waals surface area contributed by atoms with Crippen LogP contribution >= 0.6 is 11.6 Å². The number of halogens is 4. The van der Waals surface area contributed by atoms with Crippen molar-refractivity contribution in [2.24, 2.45) is 5.92 Å². The smallest absolute Gasteiger partial charge is 0.418 e. The van der Waals surface area contributed by atoms with Crippen LogP contribution in [0.3, 0.4) is 0 Å². The molecule has 61 heavy (non-hydrogen) atoms. The van der Waals surface area contributed by atoms with E-state index in [2.05, 4.69) is 0 Å². The number of amides is 1. The van der Waals surface area contributed by atoms with E-state index in [9.17, 15) is 19.5 Å². The fraction of sp³-hybridized carbons (Fsp3) is 0.304. The minimum atomic E-state index is -4.88. The Hall–Kier alpha value is -6.28. The van der Waals surface area contributed by atoms with Gasteiger partial charge in [0.2, 0.25) is 0 Å². The average molecular weight is 856 g/mol. The van der Waals surface area contributed by atoms with Gasteiger partial charge < -0.3 is 28.9 Å². The van der Waals surface area contributed by atoms with E-state index in [1.54, 1.807) is 51.5 Å². The van der Waals surface area contributed by atoms with Crippen molar-refractivity contribution in [3.63, 3.8) is 0 Å². The van der Waals surface area contributed by atoms with E-state index in [0.717, 1.165) is 16.7 Å². The Labute approximate surface area is 355 Å². The molecule has 7 rings (SSSR count). The van der Waals surface area contributed by atoms with Crippen LogP contribution < -0.4 is 25.5 Å². The number of aromatic nitrogens is 3. The van der Waals surface area contributed by atoms with Gasteiger partial charge in [-0.05, 0) is 90.0 Å². The maximum Gasteiger partial charge on any atom is 0.418 e. The van der Waals surface area contributed by atoms with E-state index < -0.39 is 34.6 Å². The SMILES string of the molecule is COc1ccc(CN(Cc2ccc(OC)cc2)c2cc(C)c(C(F)(F)F)c(-c3cc4c(cc3Cl)n(CC3CN(C(=O)O)C3)c(=O)c(=O)n4-c3c(C)cccc3C(C)C)n2)cc1. The summed E-state index contributed by atoms with van der Waals surface area (Å²) in [6.45, 7) is 7.85. The lowest BCUT2D eigenvalue weighted by atomic mass is 9.97. The van der Waals surface area contributed by atoms with Gasteiger partial charge in [0.1, 0.15) is 17.3 Å². The topological polar surface area (TPSA) is 119 Å². The molecule has 0 radical (unpaired) electrons. The van der Waals surface area contributed by atoms with E-state index in [-0.39, 0.29) is 77.6 Å². The molecule has 2 aromatic heterocycles. The number of aryl methyl sites for hydroxylation is 2. The highest BCUT2D eigenvalue weighted by molar-refractivity contribution is 6.34. The molecule has 11 nitrogen and oxygen atoms in total. The van der Waals surface area contributed by atoms with Crippen molar-refractivity contribution in [3.05, 3.63) is 144 Å². The molecule has 1 aliphatic rings. The predicted molar refractivity (Wildman–Crippen MR) is 230 cm³/mol. The van der Waals surface area contributed by atoms with E-state index in [1.807, 2.05) is 55.1 Å². The fourth-order valence-corrected chi connectivity index (χ4v) is 8.25. The number of hydrogen-bond donors (Lipinski definition) is 1. The number of nitrogens with zero attached hydrogens (tertiary/aromatic N) is 5. The van der Waals surface area contributed by atoms with Gasteiger partial charge in [-0.3, -0.25) is 14.2 Å². The monoisotopic (exact) mass is 855 g/mol. The van der Waals surface area contributed by atoms with Crippen molar-refractivity contribution in [2.75, 3.05) is 32.2 Å². The first-order valence-electron chi connectivity index (χ1n) is 19.7. The number of ether oxygens (including phenoxy) is 2. The first kappa shape index (κ1) is 42.8. The number of methoxy groups -OCH3 is 2. The summed E-state index contributed by atoms with van der Waals surface area (Å²) in [5.74, 6) is 1.12. The zero-order valence-corrected chi connectivity index (χ0v) is 35.3. The molecule has 1 saturated heterocycles. The average Bonchev–Trinajstić information content (AvgIpc) is 3.20. The molecule has 1 aliphatic heterocycles. The van der Waals surface area contributed by atoms with Crippen LogP contribution in [0.5, 0.6) is 11.5 Å². The van der Waals surface area contributed by atoms with Gasteiger partial charge in [0.15, 0.2) is 0 Å². The summed E-state index contributed by atoms with van der Waals surface area (Å²) in [7, 11) is 3.12. The Bertz CT molecular complexity index is 2700. The molecule has 1 amide bonds. The van der Waals surface area contributed by atoms with Gasteiger partial charge in [-0.25, -0.2) is 9.78 Å². The number of para-hydroxylation sites is 1. The zero-order chi connectivity index (χ0) is 43.9. The number of carbonyl (C=O) groups is 1. The standard InChI is InChI=1S/C46H45ClF3N5O6/c1-26(2)34-9-7-8-27(3)42(34)55-38-19-35(36(47)20-37(38)54(43(56)44(55)57)25-31-23-53(24-31)45(58)59)41-40(46(48,49)50)28(4)18-39(51-41)52(21-29-10-14-32(60-5)15-11-29)22-30-12-16-33(61-6)17-13-30/h7-20,26,31H,21-25H2,1-6H3,(H,58,59). The Morgan fingerprint density at radius 1 is 0.869 bits per heavy atom. The first-order valence-corrected chi connectivity index (χ1v) is 20.0.